The minimum Gasteiger partial charge on any atom is -0.491 e. The second kappa shape index (κ2) is 6.04. The molecule has 118 valence electrons. The van der Waals surface area contributed by atoms with Crippen LogP contribution < -0.4 is 14.2 Å². The van der Waals surface area contributed by atoms with Gasteiger partial charge in [-0.3, -0.25) is 4.98 Å². The Morgan fingerprint density at radius 3 is 2.35 bits per heavy atom. The van der Waals surface area contributed by atoms with Gasteiger partial charge in [-0.15, -0.1) is 0 Å². The van der Waals surface area contributed by atoms with Crippen molar-refractivity contribution in [2.75, 3.05) is 14.2 Å². The Morgan fingerprint density at radius 1 is 0.957 bits per heavy atom. The molecule has 0 unspecified atom stereocenters. The fourth-order valence-electron chi connectivity index (χ4n) is 2.08. The van der Waals surface area contributed by atoms with E-state index in [1.807, 2.05) is 0 Å². The number of aromatic nitrogens is 2. The van der Waals surface area contributed by atoms with E-state index in [2.05, 4.69) is 9.97 Å². The van der Waals surface area contributed by atoms with E-state index in [0.29, 0.717) is 16.8 Å². The lowest BCUT2D eigenvalue weighted by atomic mass is 10.2. The Kier molecular flexibility index (Phi) is 3.92. The summed E-state index contributed by atoms with van der Waals surface area (Å²) in [6.45, 7) is 0. The van der Waals surface area contributed by atoms with Crippen LogP contribution in [-0.2, 0) is 0 Å². The number of halogens is 2. The molecule has 3 aromatic rings. The summed E-state index contributed by atoms with van der Waals surface area (Å²) in [5, 5.41) is 0. The summed E-state index contributed by atoms with van der Waals surface area (Å²) in [4.78, 5) is 8.39. The molecule has 23 heavy (non-hydrogen) atoms. The molecular formula is C16H12F2N2O3. The normalized spacial score (nSPS) is 10.6. The van der Waals surface area contributed by atoms with Crippen LogP contribution in [0.1, 0.15) is 0 Å². The SMILES string of the molecule is COc1cc2nccc(Oc3c(F)cccc3F)c2nc1OC. The maximum absolute atomic E-state index is 13.8. The third kappa shape index (κ3) is 2.73. The Bertz CT molecular complexity index is 851. The van der Waals surface area contributed by atoms with Crippen LogP contribution in [0, 0.1) is 11.6 Å². The largest absolute Gasteiger partial charge is 0.491 e. The number of fused-ring (bicyclic) bond motifs is 1. The molecule has 0 N–H and O–H groups in total. The molecule has 2 heterocycles. The molecule has 0 bridgehead atoms. The molecule has 0 saturated carbocycles. The topological polar surface area (TPSA) is 53.5 Å². The first-order valence-corrected chi connectivity index (χ1v) is 6.63. The lowest BCUT2D eigenvalue weighted by Gasteiger charge is -2.12. The maximum Gasteiger partial charge on any atom is 0.257 e. The molecular weight excluding hydrogens is 306 g/mol. The first kappa shape index (κ1) is 15.0. The highest BCUT2D eigenvalue weighted by atomic mass is 19.1. The number of hydrogen-bond donors (Lipinski definition) is 0. The van der Waals surface area contributed by atoms with Crippen LogP contribution in [0.5, 0.6) is 23.1 Å². The average Bonchev–Trinajstić information content (AvgIpc) is 2.57. The van der Waals surface area contributed by atoms with Crippen molar-refractivity contribution in [3.05, 3.63) is 48.2 Å². The van der Waals surface area contributed by atoms with Gasteiger partial charge in [-0.25, -0.2) is 13.8 Å². The standard InChI is InChI=1S/C16H12F2N2O3/c1-21-13-8-11-14(20-16(13)22-2)12(6-7-19-11)23-15-9(17)4-3-5-10(15)18/h3-8H,1-2H3. The molecule has 1 aromatic carbocycles. The van der Waals surface area contributed by atoms with Crippen molar-refractivity contribution in [2.45, 2.75) is 0 Å². The second-order valence-electron chi connectivity index (χ2n) is 4.53. The first-order chi connectivity index (χ1) is 11.1. The van der Waals surface area contributed by atoms with Crippen LogP contribution in [0.2, 0.25) is 0 Å². The molecule has 0 saturated heterocycles. The zero-order chi connectivity index (χ0) is 16.4. The summed E-state index contributed by atoms with van der Waals surface area (Å²) >= 11 is 0. The molecule has 7 heteroatoms. The number of benzene rings is 1. The van der Waals surface area contributed by atoms with Crippen molar-refractivity contribution >= 4 is 11.0 Å². The Labute approximate surface area is 130 Å². The zero-order valence-corrected chi connectivity index (χ0v) is 12.3. The van der Waals surface area contributed by atoms with Crippen molar-refractivity contribution in [3.8, 4) is 23.1 Å². The fourth-order valence-corrected chi connectivity index (χ4v) is 2.08. The third-order valence-electron chi connectivity index (χ3n) is 3.15. The lowest BCUT2D eigenvalue weighted by molar-refractivity contribution is 0.344. The van der Waals surface area contributed by atoms with E-state index in [1.165, 1.54) is 32.5 Å². The minimum atomic E-state index is -0.810. The number of pyridine rings is 2. The Hall–Kier alpha value is -2.96. The smallest absolute Gasteiger partial charge is 0.257 e. The van der Waals surface area contributed by atoms with E-state index in [0.717, 1.165) is 12.1 Å². The molecule has 0 amide bonds. The van der Waals surface area contributed by atoms with Crippen LogP contribution in [0.4, 0.5) is 8.78 Å². The summed E-state index contributed by atoms with van der Waals surface area (Å²) in [5.74, 6) is -1.36. The van der Waals surface area contributed by atoms with Gasteiger partial charge in [-0.05, 0) is 12.1 Å². The summed E-state index contributed by atoms with van der Waals surface area (Å²) in [6, 6.07) is 6.55. The highest BCUT2D eigenvalue weighted by Gasteiger charge is 2.16. The van der Waals surface area contributed by atoms with Gasteiger partial charge in [0.2, 0.25) is 0 Å². The molecule has 0 aliphatic carbocycles. The number of nitrogens with zero attached hydrogens (tertiary/aromatic N) is 2. The van der Waals surface area contributed by atoms with E-state index >= 15 is 0 Å². The van der Waals surface area contributed by atoms with Crippen molar-refractivity contribution in [1.82, 2.24) is 9.97 Å². The van der Waals surface area contributed by atoms with E-state index in [1.54, 1.807) is 6.07 Å². The molecule has 0 radical (unpaired) electrons. The third-order valence-corrected chi connectivity index (χ3v) is 3.15. The van der Waals surface area contributed by atoms with Crippen LogP contribution >= 0.6 is 0 Å². The van der Waals surface area contributed by atoms with E-state index in [4.69, 9.17) is 14.2 Å². The van der Waals surface area contributed by atoms with Crippen molar-refractivity contribution in [2.24, 2.45) is 0 Å². The Balaban J connectivity index is 2.14. The lowest BCUT2D eigenvalue weighted by Crippen LogP contribution is -1.98. The van der Waals surface area contributed by atoms with Crippen molar-refractivity contribution in [1.29, 1.82) is 0 Å². The van der Waals surface area contributed by atoms with Gasteiger partial charge in [0, 0.05) is 18.3 Å². The van der Waals surface area contributed by atoms with Crippen molar-refractivity contribution in [3.63, 3.8) is 0 Å². The summed E-state index contributed by atoms with van der Waals surface area (Å²) in [7, 11) is 2.91. The summed E-state index contributed by atoms with van der Waals surface area (Å²) < 4.78 is 43.2. The monoisotopic (exact) mass is 318 g/mol. The summed E-state index contributed by atoms with van der Waals surface area (Å²) in [6.07, 6.45) is 1.45. The van der Waals surface area contributed by atoms with E-state index < -0.39 is 17.4 Å². The maximum atomic E-state index is 13.8. The second-order valence-corrected chi connectivity index (χ2v) is 4.53. The summed E-state index contributed by atoms with van der Waals surface area (Å²) in [5.41, 5.74) is 0.740. The van der Waals surface area contributed by atoms with Gasteiger partial charge in [0.25, 0.3) is 5.88 Å². The number of methoxy groups -OCH3 is 2. The molecule has 3 rings (SSSR count). The number of hydrogen-bond acceptors (Lipinski definition) is 5. The molecule has 0 aliphatic rings. The van der Waals surface area contributed by atoms with Crippen LogP contribution in [0.15, 0.2) is 36.5 Å². The molecule has 5 nitrogen and oxygen atoms in total. The predicted octanol–water partition coefficient (Wildman–Crippen LogP) is 3.72. The van der Waals surface area contributed by atoms with E-state index in [-0.39, 0.29) is 11.6 Å². The van der Waals surface area contributed by atoms with Gasteiger partial charge in [-0.1, -0.05) is 6.07 Å². The fraction of sp³-hybridized carbons (Fsp3) is 0.125. The number of rotatable bonds is 4. The molecule has 0 spiro atoms. The average molecular weight is 318 g/mol. The van der Waals surface area contributed by atoms with Gasteiger partial charge < -0.3 is 14.2 Å². The van der Waals surface area contributed by atoms with Gasteiger partial charge >= 0.3 is 0 Å². The van der Waals surface area contributed by atoms with Crippen molar-refractivity contribution < 1.29 is 23.0 Å². The van der Waals surface area contributed by atoms with Gasteiger partial charge in [0.05, 0.1) is 19.7 Å². The van der Waals surface area contributed by atoms with Crippen LogP contribution in [-0.4, -0.2) is 24.2 Å². The minimum absolute atomic E-state index is 0.153. The van der Waals surface area contributed by atoms with Gasteiger partial charge in [0.15, 0.2) is 28.9 Å². The highest BCUT2D eigenvalue weighted by Crippen LogP contribution is 2.35. The van der Waals surface area contributed by atoms with E-state index in [9.17, 15) is 8.78 Å². The zero-order valence-electron chi connectivity index (χ0n) is 12.3. The van der Waals surface area contributed by atoms with Gasteiger partial charge in [0.1, 0.15) is 5.52 Å². The predicted molar refractivity (Wildman–Crippen MR) is 79.1 cm³/mol. The molecule has 0 atom stereocenters. The highest BCUT2D eigenvalue weighted by molar-refractivity contribution is 5.83. The van der Waals surface area contributed by atoms with Crippen LogP contribution in [0.25, 0.3) is 11.0 Å². The Morgan fingerprint density at radius 2 is 1.70 bits per heavy atom. The number of ether oxygens (including phenoxy) is 3. The van der Waals surface area contributed by atoms with Crippen LogP contribution in [0.3, 0.4) is 0 Å². The molecule has 0 fully saturated rings. The molecule has 2 aromatic heterocycles. The quantitative estimate of drug-likeness (QED) is 0.734. The molecule has 0 aliphatic heterocycles. The van der Waals surface area contributed by atoms with Gasteiger partial charge in [-0.2, -0.15) is 0 Å². The first-order valence-electron chi connectivity index (χ1n) is 6.63. The number of para-hydroxylation sites is 1.